The molecule has 1 aliphatic carbocycles. The van der Waals surface area contributed by atoms with Crippen molar-refractivity contribution in [2.75, 3.05) is 25.9 Å². The Bertz CT molecular complexity index is 420. The lowest BCUT2D eigenvalue weighted by molar-refractivity contribution is 0.0560. The Kier molecular flexibility index (Phi) is 3.71. The predicted octanol–water partition coefficient (Wildman–Crippen LogP) is 1.59. The Balaban J connectivity index is 1.54. The molecule has 1 aromatic heterocycles. The number of hydrogen-bond donors (Lipinski definition) is 2. The van der Waals surface area contributed by atoms with Gasteiger partial charge in [-0.1, -0.05) is 0 Å². The Labute approximate surface area is 115 Å². The van der Waals surface area contributed by atoms with Crippen LogP contribution in [-0.2, 0) is 0 Å². The van der Waals surface area contributed by atoms with Gasteiger partial charge < -0.3 is 11.1 Å². The smallest absolute Gasteiger partial charge is 0.0663 e. The fourth-order valence-electron chi connectivity index (χ4n) is 3.48. The van der Waals surface area contributed by atoms with Crippen LogP contribution in [0.4, 0.5) is 5.69 Å². The molecule has 4 heteroatoms. The van der Waals surface area contributed by atoms with Gasteiger partial charge in [-0.3, -0.25) is 9.88 Å². The second-order valence-corrected chi connectivity index (χ2v) is 5.92. The molecule has 1 saturated heterocycles. The second kappa shape index (κ2) is 5.47. The van der Waals surface area contributed by atoms with E-state index in [1.807, 2.05) is 18.3 Å². The molecular formula is C15H24N4. The molecule has 0 spiro atoms. The van der Waals surface area contributed by atoms with Crippen LogP contribution in [0.1, 0.15) is 37.3 Å². The Hall–Kier alpha value is -1.13. The fraction of sp³-hybridized carbons (Fsp3) is 0.667. The van der Waals surface area contributed by atoms with Gasteiger partial charge >= 0.3 is 0 Å². The molecule has 2 fully saturated rings. The van der Waals surface area contributed by atoms with Gasteiger partial charge in [-0.05, 0) is 44.9 Å². The van der Waals surface area contributed by atoms with Crippen LogP contribution in [0.15, 0.2) is 18.3 Å². The molecule has 0 aromatic carbocycles. The number of nitrogens with zero attached hydrogens (tertiary/aromatic N) is 2. The van der Waals surface area contributed by atoms with Crippen LogP contribution in [0.3, 0.4) is 0 Å². The molecule has 104 valence electrons. The molecule has 3 N–H and O–H groups in total. The lowest BCUT2D eigenvalue weighted by Gasteiger charge is -2.46. The quantitative estimate of drug-likeness (QED) is 0.866. The first-order chi connectivity index (χ1) is 9.28. The van der Waals surface area contributed by atoms with Crippen LogP contribution in [0, 0.1) is 0 Å². The molecule has 2 heterocycles. The van der Waals surface area contributed by atoms with E-state index in [0.29, 0.717) is 12.0 Å². The monoisotopic (exact) mass is 260 g/mol. The van der Waals surface area contributed by atoms with Crippen molar-refractivity contribution >= 4 is 5.69 Å². The lowest BCUT2D eigenvalue weighted by Crippen LogP contribution is -2.60. The fourth-order valence-corrected chi connectivity index (χ4v) is 3.48. The minimum atomic E-state index is 0.568. The van der Waals surface area contributed by atoms with Crippen molar-refractivity contribution in [3.63, 3.8) is 0 Å². The van der Waals surface area contributed by atoms with Crippen LogP contribution >= 0.6 is 0 Å². The molecule has 1 aliphatic heterocycles. The average Bonchev–Trinajstić information content (AvgIpc) is 2.39. The maximum absolute atomic E-state index is 6.04. The standard InChI is InChI=1S/C15H24N4/c1-17-12-9-19(10-12)13-6-4-11(5-7-13)15-14(16)3-2-8-18-15/h2-3,8,11-13,17H,4-7,9-10,16H2,1H3. The molecule has 0 amide bonds. The molecule has 19 heavy (non-hydrogen) atoms. The van der Waals surface area contributed by atoms with Gasteiger partial charge in [0, 0.05) is 37.3 Å². The van der Waals surface area contributed by atoms with Gasteiger partial charge in [0.25, 0.3) is 0 Å². The summed E-state index contributed by atoms with van der Waals surface area (Å²) in [6, 6.07) is 5.39. The van der Waals surface area contributed by atoms with Crippen molar-refractivity contribution in [3.8, 4) is 0 Å². The highest BCUT2D eigenvalue weighted by molar-refractivity contribution is 5.44. The first-order valence-electron chi connectivity index (χ1n) is 7.39. The van der Waals surface area contributed by atoms with E-state index in [-0.39, 0.29) is 0 Å². The zero-order valence-electron chi connectivity index (χ0n) is 11.7. The number of likely N-dealkylation sites (tertiary alicyclic amines) is 1. The second-order valence-electron chi connectivity index (χ2n) is 5.92. The van der Waals surface area contributed by atoms with E-state index >= 15 is 0 Å². The SMILES string of the molecule is CNC1CN(C2CCC(c3ncccc3N)CC2)C1. The molecule has 4 nitrogen and oxygen atoms in total. The maximum Gasteiger partial charge on any atom is 0.0663 e. The summed E-state index contributed by atoms with van der Waals surface area (Å²) in [6.07, 6.45) is 6.90. The normalized spacial score (nSPS) is 29.1. The summed E-state index contributed by atoms with van der Waals surface area (Å²) >= 11 is 0. The molecular weight excluding hydrogens is 236 g/mol. The van der Waals surface area contributed by atoms with Crippen molar-refractivity contribution in [1.82, 2.24) is 15.2 Å². The van der Waals surface area contributed by atoms with Gasteiger partial charge in [0.2, 0.25) is 0 Å². The van der Waals surface area contributed by atoms with Crippen molar-refractivity contribution in [3.05, 3.63) is 24.0 Å². The number of rotatable bonds is 3. The zero-order chi connectivity index (χ0) is 13.2. The Morgan fingerprint density at radius 2 is 2.00 bits per heavy atom. The highest BCUT2D eigenvalue weighted by atomic mass is 15.3. The first-order valence-corrected chi connectivity index (χ1v) is 7.39. The summed E-state index contributed by atoms with van der Waals surface area (Å²) < 4.78 is 0. The van der Waals surface area contributed by atoms with Crippen LogP contribution in [0.5, 0.6) is 0 Å². The zero-order valence-corrected chi connectivity index (χ0v) is 11.7. The maximum atomic E-state index is 6.04. The predicted molar refractivity (Wildman–Crippen MR) is 78.1 cm³/mol. The van der Waals surface area contributed by atoms with E-state index in [0.717, 1.165) is 17.4 Å². The van der Waals surface area contributed by atoms with Gasteiger partial charge in [0.1, 0.15) is 0 Å². The van der Waals surface area contributed by atoms with E-state index in [1.54, 1.807) is 0 Å². The van der Waals surface area contributed by atoms with Crippen LogP contribution < -0.4 is 11.1 Å². The number of hydrogen-bond acceptors (Lipinski definition) is 4. The third-order valence-corrected chi connectivity index (χ3v) is 4.79. The summed E-state index contributed by atoms with van der Waals surface area (Å²) in [6.45, 7) is 2.44. The molecule has 0 radical (unpaired) electrons. The van der Waals surface area contributed by atoms with E-state index in [9.17, 15) is 0 Å². The van der Waals surface area contributed by atoms with Crippen LogP contribution in [0.2, 0.25) is 0 Å². The Morgan fingerprint density at radius 1 is 1.26 bits per heavy atom. The van der Waals surface area contributed by atoms with E-state index in [1.165, 1.54) is 38.8 Å². The van der Waals surface area contributed by atoms with Crippen LogP contribution in [-0.4, -0.2) is 42.1 Å². The van der Waals surface area contributed by atoms with Gasteiger partial charge in [0.05, 0.1) is 11.4 Å². The molecule has 0 bridgehead atoms. The molecule has 1 saturated carbocycles. The summed E-state index contributed by atoms with van der Waals surface area (Å²) in [7, 11) is 2.06. The van der Waals surface area contributed by atoms with Gasteiger partial charge in [-0.2, -0.15) is 0 Å². The number of likely N-dealkylation sites (N-methyl/N-ethyl adjacent to an activating group) is 1. The molecule has 1 aromatic rings. The van der Waals surface area contributed by atoms with E-state index < -0.39 is 0 Å². The summed E-state index contributed by atoms with van der Waals surface area (Å²) in [5.74, 6) is 0.568. The molecule has 2 aliphatic rings. The number of nitrogens with two attached hydrogens (primary N) is 1. The summed E-state index contributed by atoms with van der Waals surface area (Å²) in [5, 5.41) is 3.34. The number of nitrogen functional groups attached to an aromatic ring is 1. The Morgan fingerprint density at radius 3 is 2.63 bits per heavy atom. The third kappa shape index (κ3) is 2.60. The topological polar surface area (TPSA) is 54.2 Å². The van der Waals surface area contributed by atoms with Gasteiger partial charge in [-0.25, -0.2) is 0 Å². The van der Waals surface area contributed by atoms with Crippen molar-refractivity contribution < 1.29 is 0 Å². The van der Waals surface area contributed by atoms with Crippen molar-refractivity contribution in [2.45, 2.75) is 43.7 Å². The minimum Gasteiger partial charge on any atom is -0.397 e. The molecule has 0 unspecified atom stereocenters. The van der Waals surface area contributed by atoms with Gasteiger partial charge in [-0.15, -0.1) is 0 Å². The largest absolute Gasteiger partial charge is 0.397 e. The number of pyridine rings is 1. The highest BCUT2D eigenvalue weighted by Gasteiger charge is 2.34. The average molecular weight is 260 g/mol. The minimum absolute atomic E-state index is 0.568. The van der Waals surface area contributed by atoms with E-state index in [4.69, 9.17) is 5.73 Å². The third-order valence-electron chi connectivity index (χ3n) is 4.79. The number of aromatic nitrogens is 1. The number of nitrogens with one attached hydrogen (secondary N) is 1. The number of anilines is 1. The van der Waals surface area contributed by atoms with Crippen molar-refractivity contribution in [2.24, 2.45) is 0 Å². The summed E-state index contributed by atoms with van der Waals surface area (Å²) in [5.41, 5.74) is 8.03. The van der Waals surface area contributed by atoms with E-state index in [2.05, 4.69) is 22.2 Å². The highest BCUT2D eigenvalue weighted by Crippen LogP contribution is 2.36. The lowest BCUT2D eigenvalue weighted by atomic mass is 9.81. The first kappa shape index (κ1) is 12.9. The van der Waals surface area contributed by atoms with Crippen molar-refractivity contribution in [1.29, 1.82) is 0 Å². The molecule has 0 atom stereocenters. The summed E-state index contributed by atoms with van der Waals surface area (Å²) in [4.78, 5) is 7.11. The van der Waals surface area contributed by atoms with Gasteiger partial charge in [0.15, 0.2) is 0 Å². The molecule has 3 rings (SSSR count). The van der Waals surface area contributed by atoms with Crippen LogP contribution in [0.25, 0.3) is 0 Å².